The second-order valence-electron chi connectivity index (χ2n) is 7.97. The fraction of sp³-hybridized carbons (Fsp3) is 0.240. The average molecular weight is 447 g/mol. The normalized spacial score (nSPS) is 16.7. The van der Waals surface area contributed by atoms with Gasteiger partial charge in [0.2, 0.25) is 6.41 Å². The number of Topliss-reactive ketones (excluding diaryl/α,β-unsaturated/α-hetero) is 1. The number of hydrogen-bond donors (Lipinski definition) is 2. The van der Waals surface area contributed by atoms with Gasteiger partial charge in [0.1, 0.15) is 5.82 Å². The quantitative estimate of drug-likeness (QED) is 0.681. The maximum absolute atomic E-state index is 13.5. The van der Waals surface area contributed by atoms with E-state index in [2.05, 4.69) is 5.32 Å². The molecule has 2 aromatic carbocycles. The molecule has 2 aromatic rings. The summed E-state index contributed by atoms with van der Waals surface area (Å²) in [5.41, 5.74) is 3.98. The number of dihydropyridines is 1. The van der Waals surface area contributed by atoms with Gasteiger partial charge in [0, 0.05) is 36.7 Å². The first-order chi connectivity index (χ1) is 15.8. The lowest BCUT2D eigenvalue weighted by Crippen LogP contribution is -2.43. The van der Waals surface area contributed by atoms with E-state index < -0.39 is 11.9 Å². The van der Waals surface area contributed by atoms with Crippen LogP contribution in [0.2, 0.25) is 0 Å². The van der Waals surface area contributed by atoms with Crippen LogP contribution < -0.4 is 10.1 Å². The number of amides is 3. The van der Waals surface area contributed by atoms with E-state index in [-0.39, 0.29) is 11.5 Å². The van der Waals surface area contributed by atoms with E-state index in [9.17, 15) is 19.5 Å². The molecule has 0 bridgehead atoms. The number of urea groups is 1. The first kappa shape index (κ1) is 22.1. The Kier molecular flexibility index (Phi) is 5.68. The standard InChI is InChI=1S/C25H25N3O5/c1-5-33-19-12-15(10-11-18(19)30)20-14(2)24(28(4)25(32)27(3)13-29)26-22-16-8-6-7-9-17(16)23(31)21(20)22/h6-13,20,26,30H,5H2,1-4H3. The third-order valence-corrected chi connectivity index (χ3v) is 5.99. The molecule has 33 heavy (non-hydrogen) atoms. The summed E-state index contributed by atoms with van der Waals surface area (Å²) in [6, 6.07) is 11.8. The zero-order chi connectivity index (χ0) is 23.9. The van der Waals surface area contributed by atoms with Crippen molar-refractivity contribution in [1.82, 2.24) is 15.1 Å². The molecule has 8 nitrogen and oxygen atoms in total. The Labute approximate surface area is 191 Å². The molecule has 0 fully saturated rings. The Morgan fingerprint density at radius 2 is 1.88 bits per heavy atom. The molecule has 0 aromatic heterocycles. The number of ether oxygens (including phenoxy) is 1. The summed E-state index contributed by atoms with van der Waals surface area (Å²) in [5, 5.41) is 13.5. The highest BCUT2D eigenvalue weighted by Gasteiger charge is 2.41. The van der Waals surface area contributed by atoms with Crippen molar-refractivity contribution in [2.45, 2.75) is 19.8 Å². The average Bonchev–Trinajstić information content (AvgIpc) is 3.10. The van der Waals surface area contributed by atoms with Crippen molar-refractivity contribution in [2.75, 3.05) is 20.7 Å². The van der Waals surface area contributed by atoms with Crippen LogP contribution in [0.3, 0.4) is 0 Å². The molecule has 1 unspecified atom stereocenters. The lowest BCUT2D eigenvalue weighted by molar-refractivity contribution is -0.115. The van der Waals surface area contributed by atoms with Crippen molar-refractivity contribution in [2.24, 2.45) is 0 Å². The highest BCUT2D eigenvalue weighted by molar-refractivity contribution is 6.22. The first-order valence-electron chi connectivity index (χ1n) is 10.6. The molecule has 1 atom stereocenters. The molecule has 170 valence electrons. The van der Waals surface area contributed by atoms with Gasteiger partial charge in [-0.1, -0.05) is 30.3 Å². The number of ketones is 1. The largest absolute Gasteiger partial charge is 0.504 e. The van der Waals surface area contributed by atoms with E-state index in [1.807, 2.05) is 32.0 Å². The Morgan fingerprint density at radius 1 is 1.18 bits per heavy atom. The zero-order valence-electron chi connectivity index (χ0n) is 18.9. The zero-order valence-corrected chi connectivity index (χ0v) is 18.9. The number of phenols is 1. The topological polar surface area (TPSA) is 99.2 Å². The van der Waals surface area contributed by atoms with Gasteiger partial charge in [-0.2, -0.15) is 0 Å². The van der Waals surface area contributed by atoms with Crippen LogP contribution in [0.5, 0.6) is 11.5 Å². The van der Waals surface area contributed by atoms with Gasteiger partial charge in [-0.3, -0.25) is 19.4 Å². The fourth-order valence-corrected chi connectivity index (χ4v) is 4.41. The van der Waals surface area contributed by atoms with Crippen LogP contribution in [0, 0.1) is 0 Å². The Hall–Kier alpha value is -4.07. The van der Waals surface area contributed by atoms with Crippen LogP contribution in [-0.4, -0.2) is 53.8 Å². The summed E-state index contributed by atoms with van der Waals surface area (Å²) in [6.07, 6.45) is 0.447. The molecule has 1 aliphatic carbocycles. The minimum Gasteiger partial charge on any atom is -0.504 e. The van der Waals surface area contributed by atoms with Gasteiger partial charge in [-0.25, -0.2) is 4.79 Å². The van der Waals surface area contributed by atoms with Gasteiger partial charge < -0.3 is 15.2 Å². The van der Waals surface area contributed by atoms with E-state index in [1.54, 1.807) is 25.2 Å². The number of carbonyl (C=O) groups excluding carboxylic acids is 3. The molecular formula is C25H25N3O5. The molecular weight excluding hydrogens is 422 g/mol. The van der Waals surface area contributed by atoms with Crippen molar-refractivity contribution in [3.8, 4) is 11.5 Å². The van der Waals surface area contributed by atoms with Crippen molar-refractivity contribution >= 4 is 23.9 Å². The minimum atomic E-state index is -0.520. The Bertz CT molecular complexity index is 1230. The smallest absolute Gasteiger partial charge is 0.331 e. The molecule has 0 spiro atoms. The lowest BCUT2D eigenvalue weighted by atomic mass is 9.81. The molecule has 8 heteroatoms. The predicted molar refractivity (Wildman–Crippen MR) is 123 cm³/mol. The van der Waals surface area contributed by atoms with Crippen molar-refractivity contribution in [3.05, 3.63) is 76.1 Å². The van der Waals surface area contributed by atoms with E-state index in [0.717, 1.165) is 21.6 Å². The summed E-state index contributed by atoms with van der Waals surface area (Å²) in [4.78, 5) is 39.7. The lowest BCUT2D eigenvalue weighted by Gasteiger charge is -2.34. The number of hydrogen-bond acceptors (Lipinski definition) is 6. The number of phenolic OH excluding ortho intramolecular Hbond substituents is 1. The molecule has 3 amide bonds. The molecule has 4 rings (SSSR count). The molecule has 0 saturated carbocycles. The minimum absolute atomic E-state index is 0.00605. The maximum atomic E-state index is 13.5. The summed E-state index contributed by atoms with van der Waals surface area (Å²) in [6.45, 7) is 4.03. The molecule has 2 aliphatic rings. The molecule has 0 saturated heterocycles. The van der Waals surface area contributed by atoms with Crippen LogP contribution in [0.4, 0.5) is 4.79 Å². The second-order valence-corrected chi connectivity index (χ2v) is 7.97. The number of benzene rings is 2. The number of imide groups is 1. The highest BCUT2D eigenvalue weighted by Crippen LogP contribution is 2.47. The van der Waals surface area contributed by atoms with Crippen LogP contribution in [-0.2, 0) is 4.79 Å². The highest BCUT2D eigenvalue weighted by atomic mass is 16.5. The van der Waals surface area contributed by atoms with Crippen LogP contribution in [0.25, 0.3) is 5.70 Å². The number of carbonyl (C=O) groups is 3. The van der Waals surface area contributed by atoms with Gasteiger partial charge in [-0.05, 0) is 37.1 Å². The maximum Gasteiger partial charge on any atom is 0.331 e. The van der Waals surface area contributed by atoms with Crippen LogP contribution in [0.1, 0.15) is 41.3 Å². The van der Waals surface area contributed by atoms with Gasteiger partial charge in [0.05, 0.1) is 12.3 Å². The number of fused-ring (bicyclic) bond motifs is 2. The Balaban J connectivity index is 1.91. The number of rotatable bonds is 5. The molecule has 1 aliphatic heterocycles. The molecule has 1 heterocycles. The number of nitrogens with one attached hydrogen (secondary N) is 1. The monoisotopic (exact) mass is 447 g/mol. The SMILES string of the molecule is CCOc1cc(C2C(C)=C(N(C)C(=O)N(C)C=O)NC3=C2C(=O)c2ccccc23)ccc1O. The van der Waals surface area contributed by atoms with Crippen molar-refractivity contribution in [3.63, 3.8) is 0 Å². The van der Waals surface area contributed by atoms with Crippen LogP contribution in [0.15, 0.2) is 59.4 Å². The van der Waals surface area contributed by atoms with Gasteiger partial charge in [0.15, 0.2) is 17.3 Å². The van der Waals surface area contributed by atoms with E-state index >= 15 is 0 Å². The van der Waals surface area contributed by atoms with E-state index in [1.165, 1.54) is 18.0 Å². The summed E-state index contributed by atoms with van der Waals surface area (Å²) >= 11 is 0. The summed E-state index contributed by atoms with van der Waals surface area (Å²) < 4.78 is 5.57. The fourth-order valence-electron chi connectivity index (χ4n) is 4.41. The summed E-state index contributed by atoms with van der Waals surface area (Å²) in [7, 11) is 2.96. The third kappa shape index (κ3) is 3.53. The van der Waals surface area contributed by atoms with Gasteiger partial charge in [-0.15, -0.1) is 0 Å². The summed E-state index contributed by atoms with van der Waals surface area (Å²) in [5.74, 6) is 0.215. The first-order valence-corrected chi connectivity index (χ1v) is 10.6. The predicted octanol–water partition coefficient (Wildman–Crippen LogP) is 3.46. The molecule has 2 N–H and O–H groups in total. The second kappa shape index (κ2) is 8.46. The van der Waals surface area contributed by atoms with Crippen molar-refractivity contribution in [1.29, 1.82) is 0 Å². The Morgan fingerprint density at radius 3 is 2.55 bits per heavy atom. The van der Waals surface area contributed by atoms with Crippen molar-refractivity contribution < 1.29 is 24.2 Å². The number of nitrogens with zero attached hydrogens (tertiary/aromatic N) is 2. The van der Waals surface area contributed by atoms with Gasteiger partial charge >= 0.3 is 6.03 Å². The third-order valence-electron chi connectivity index (χ3n) is 5.99. The van der Waals surface area contributed by atoms with Gasteiger partial charge in [0.25, 0.3) is 0 Å². The number of aromatic hydroxyl groups is 1. The molecule has 0 radical (unpaired) electrons. The number of allylic oxidation sites excluding steroid dienone is 2. The van der Waals surface area contributed by atoms with E-state index in [0.29, 0.717) is 41.4 Å². The van der Waals surface area contributed by atoms with E-state index in [4.69, 9.17) is 4.74 Å². The van der Waals surface area contributed by atoms with Crippen LogP contribution >= 0.6 is 0 Å².